The van der Waals surface area contributed by atoms with Crippen molar-refractivity contribution < 1.29 is 15.0 Å². The van der Waals surface area contributed by atoms with E-state index in [0.29, 0.717) is 12.0 Å². The summed E-state index contributed by atoms with van der Waals surface area (Å²) in [6.45, 7) is 2.02. The fourth-order valence-corrected chi connectivity index (χ4v) is 1.65. The summed E-state index contributed by atoms with van der Waals surface area (Å²) in [5.41, 5.74) is 0.615. The van der Waals surface area contributed by atoms with E-state index >= 15 is 0 Å². The van der Waals surface area contributed by atoms with Crippen LogP contribution < -0.4 is 5.32 Å². The Morgan fingerprint density at radius 2 is 2.12 bits per heavy atom. The van der Waals surface area contributed by atoms with Gasteiger partial charge in [0.15, 0.2) is 0 Å². The number of phenolic OH excluding ortho intramolecular Hbond substituents is 1. The fourth-order valence-electron chi connectivity index (χ4n) is 1.65. The first-order valence-electron chi connectivity index (χ1n) is 5.84. The third kappa shape index (κ3) is 4.44. The Hall–Kier alpha value is -1.55. The Labute approximate surface area is 101 Å². The maximum Gasteiger partial charge on any atom is 0.224 e. The number of aliphatic hydroxyl groups excluding tert-OH is 1. The van der Waals surface area contributed by atoms with Crippen LogP contribution in [0.1, 0.15) is 25.3 Å². The Balaban J connectivity index is 2.52. The number of nitrogens with one attached hydrogen (secondary N) is 1. The first kappa shape index (κ1) is 13.5. The van der Waals surface area contributed by atoms with Crippen molar-refractivity contribution in [3.8, 4) is 5.75 Å². The molecule has 0 saturated carbocycles. The van der Waals surface area contributed by atoms with Crippen LogP contribution in [0.4, 0.5) is 0 Å². The van der Waals surface area contributed by atoms with Crippen molar-refractivity contribution >= 4 is 5.91 Å². The second-order valence-electron chi connectivity index (χ2n) is 3.99. The SMILES string of the molecule is CCC(CCO)NC(=O)Cc1ccccc1O. The van der Waals surface area contributed by atoms with E-state index in [1.54, 1.807) is 24.3 Å². The molecule has 1 atom stereocenters. The fraction of sp³-hybridized carbons (Fsp3) is 0.462. The largest absolute Gasteiger partial charge is 0.508 e. The molecule has 4 heteroatoms. The zero-order chi connectivity index (χ0) is 12.7. The lowest BCUT2D eigenvalue weighted by Crippen LogP contribution is -2.36. The maximum atomic E-state index is 11.7. The van der Waals surface area contributed by atoms with E-state index in [1.165, 1.54) is 0 Å². The van der Waals surface area contributed by atoms with Crippen molar-refractivity contribution in [3.63, 3.8) is 0 Å². The molecule has 4 nitrogen and oxygen atoms in total. The van der Waals surface area contributed by atoms with Crippen molar-refractivity contribution in [1.82, 2.24) is 5.32 Å². The normalized spacial score (nSPS) is 12.1. The van der Waals surface area contributed by atoms with Gasteiger partial charge in [-0.1, -0.05) is 25.1 Å². The smallest absolute Gasteiger partial charge is 0.224 e. The summed E-state index contributed by atoms with van der Waals surface area (Å²) in [4.78, 5) is 11.7. The zero-order valence-corrected chi connectivity index (χ0v) is 10.0. The average Bonchev–Trinajstić information content (AvgIpc) is 2.31. The van der Waals surface area contributed by atoms with Crippen LogP contribution in [0.2, 0.25) is 0 Å². The van der Waals surface area contributed by atoms with Gasteiger partial charge in [-0.3, -0.25) is 4.79 Å². The highest BCUT2D eigenvalue weighted by Crippen LogP contribution is 2.16. The third-order valence-electron chi connectivity index (χ3n) is 2.68. The van der Waals surface area contributed by atoms with Crippen LogP contribution in [0.25, 0.3) is 0 Å². The summed E-state index contributed by atoms with van der Waals surface area (Å²) in [7, 11) is 0. The number of aromatic hydroxyl groups is 1. The highest BCUT2D eigenvalue weighted by atomic mass is 16.3. The van der Waals surface area contributed by atoms with Gasteiger partial charge in [-0.2, -0.15) is 0 Å². The number of amides is 1. The summed E-state index contributed by atoms with van der Waals surface area (Å²) < 4.78 is 0. The van der Waals surface area contributed by atoms with Crippen LogP contribution in [0.5, 0.6) is 5.75 Å². The van der Waals surface area contributed by atoms with Crippen molar-refractivity contribution in [2.24, 2.45) is 0 Å². The van der Waals surface area contributed by atoms with Gasteiger partial charge in [0.05, 0.1) is 6.42 Å². The Kier molecular flexibility index (Phi) is 5.49. The van der Waals surface area contributed by atoms with E-state index in [-0.39, 0.29) is 30.7 Å². The predicted octanol–water partition coefficient (Wildman–Crippen LogP) is 1.21. The quantitative estimate of drug-likeness (QED) is 0.696. The van der Waals surface area contributed by atoms with Crippen molar-refractivity contribution in [2.45, 2.75) is 32.2 Å². The molecule has 0 spiro atoms. The van der Waals surface area contributed by atoms with Crippen molar-refractivity contribution in [2.75, 3.05) is 6.61 Å². The molecule has 0 fully saturated rings. The number of hydrogen-bond donors (Lipinski definition) is 3. The van der Waals surface area contributed by atoms with Gasteiger partial charge in [0.1, 0.15) is 5.75 Å². The standard InChI is InChI=1S/C13H19NO3/c1-2-11(7-8-15)14-13(17)9-10-5-3-4-6-12(10)16/h3-6,11,15-16H,2,7-9H2,1H3,(H,14,17). The maximum absolute atomic E-state index is 11.7. The molecular weight excluding hydrogens is 218 g/mol. The summed E-state index contributed by atoms with van der Waals surface area (Å²) in [6, 6.07) is 6.79. The minimum Gasteiger partial charge on any atom is -0.508 e. The highest BCUT2D eigenvalue weighted by Gasteiger charge is 2.11. The van der Waals surface area contributed by atoms with Crippen LogP contribution >= 0.6 is 0 Å². The summed E-state index contributed by atoms with van der Waals surface area (Å²) in [6.07, 6.45) is 1.50. The Bertz CT molecular complexity index is 365. The number of para-hydroxylation sites is 1. The molecule has 17 heavy (non-hydrogen) atoms. The number of aliphatic hydroxyl groups is 1. The Morgan fingerprint density at radius 3 is 2.71 bits per heavy atom. The van der Waals surface area contributed by atoms with Gasteiger partial charge in [0.2, 0.25) is 5.91 Å². The van der Waals surface area contributed by atoms with Gasteiger partial charge < -0.3 is 15.5 Å². The van der Waals surface area contributed by atoms with Crippen LogP contribution in [0.3, 0.4) is 0 Å². The molecule has 3 N–H and O–H groups in total. The molecule has 1 aromatic carbocycles. The minimum atomic E-state index is -0.133. The van der Waals surface area contributed by atoms with Crippen molar-refractivity contribution in [3.05, 3.63) is 29.8 Å². The summed E-state index contributed by atoms with van der Waals surface area (Å²) >= 11 is 0. The monoisotopic (exact) mass is 237 g/mol. The van der Waals surface area contributed by atoms with E-state index in [1.807, 2.05) is 6.92 Å². The lowest BCUT2D eigenvalue weighted by atomic mass is 10.1. The van der Waals surface area contributed by atoms with Gasteiger partial charge in [-0.25, -0.2) is 0 Å². The van der Waals surface area contributed by atoms with Gasteiger partial charge >= 0.3 is 0 Å². The number of rotatable bonds is 6. The number of hydrogen-bond acceptors (Lipinski definition) is 3. The number of phenols is 1. The molecular formula is C13H19NO3. The Morgan fingerprint density at radius 1 is 1.41 bits per heavy atom. The lowest BCUT2D eigenvalue weighted by Gasteiger charge is -2.15. The van der Waals surface area contributed by atoms with Gasteiger partial charge in [0.25, 0.3) is 0 Å². The molecule has 1 aromatic rings. The van der Waals surface area contributed by atoms with Gasteiger partial charge in [-0.05, 0) is 18.9 Å². The molecule has 0 bridgehead atoms. The molecule has 0 radical (unpaired) electrons. The molecule has 0 aliphatic rings. The number of carbonyl (C=O) groups is 1. The van der Waals surface area contributed by atoms with Gasteiger partial charge in [0, 0.05) is 18.2 Å². The van der Waals surface area contributed by atoms with Crippen molar-refractivity contribution in [1.29, 1.82) is 0 Å². The number of carbonyl (C=O) groups excluding carboxylic acids is 1. The lowest BCUT2D eigenvalue weighted by molar-refractivity contribution is -0.121. The molecule has 94 valence electrons. The van der Waals surface area contributed by atoms with E-state index in [9.17, 15) is 9.90 Å². The highest BCUT2D eigenvalue weighted by molar-refractivity contribution is 5.79. The van der Waals surface area contributed by atoms with E-state index < -0.39 is 0 Å². The second kappa shape index (κ2) is 6.91. The molecule has 0 aliphatic carbocycles. The summed E-state index contributed by atoms with van der Waals surface area (Å²) in [5, 5.41) is 21.2. The molecule has 0 aliphatic heterocycles. The van der Waals surface area contributed by atoms with Crippen LogP contribution in [0.15, 0.2) is 24.3 Å². The number of benzene rings is 1. The molecule has 0 aromatic heterocycles. The molecule has 0 saturated heterocycles. The van der Waals surface area contributed by atoms with Crippen LogP contribution in [-0.2, 0) is 11.2 Å². The predicted molar refractivity (Wildman–Crippen MR) is 65.7 cm³/mol. The van der Waals surface area contributed by atoms with Gasteiger partial charge in [-0.15, -0.1) is 0 Å². The van der Waals surface area contributed by atoms with Crippen LogP contribution in [-0.4, -0.2) is 28.8 Å². The van der Waals surface area contributed by atoms with E-state index in [0.717, 1.165) is 6.42 Å². The molecule has 0 heterocycles. The molecule has 1 rings (SSSR count). The molecule has 1 unspecified atom stereocenters. The topological polar surface area (TPSA) is 69.6 Å². The third-order valence-corrected chi connectivity index (χ3v) is 2.68. The average molecular weight is 237 g/mol. The zero-order valence-electron chi connectivity index (χ0n) is 10.0. The minimum absolute atomic E-state index is 0.00152. The van der Waals surface area contributed by atoms with E-state index in [4.69, 9.17) is 5.11 Å². The second-order valence-corrected chi connectivity index (χ2v) is 3.99. The first-order valence-corrected chi connectivity index (χ1v) is 5.84. The summed E-state index contributed by atoms with van der Waals surface area (Å²) in [5.74, 6) is 0.00431. The van der Waals surface area contributed by atoms with E-state index in [2.05, 4.69) is 5.32 Å². The first-order chi connectivity index (χ1) is 8.17. The van der Waals surface area contributed by atoms with Crippen LogP contribution in [0, 0.1) is 0 Å². The molecule has 1 amide bonds.